The smallest absolute Gasteiger partial charge is 0.202 e. The quantitative estimate of drug-likeness (QED) is 0.588. The number of nitrogens with one attached hydrogen (secondary N) is 1. The molecule has 0 amide bonds. The van der Waals surface area contributed by atoms with Crippen molar-refractivity contribution in [2.24, 2.45) is 23.7 Å². The Hall–Kier alpha value is -0.960. The van der Waals surface area contributed by atoms with Gasteiger partial charge in [-0.15, -0.1) is 0 Å². The van der Waals surface area contributed by atoms with Crippen molar-refractivity contribution in [3.63, 3.8) is 0 Å². The molecular weight excluding hydrogens is 362 g/mol. The largest absolute Gasteiger partial charge is 0.468 e. The standard InChI is InChI=1S/C21H31NO6/c1-13-6-7-16-14(2)18(24-10-8-22-12-15-5-4-9-23-15)25-19-21(16)17(13)11-20(3,26-19)27-28-21/h4-5,9,13-14,16-19,22H,6-8,10-12H2,1-3H3/t13-,14-,16?,17?,18+,19-,20?,21+/m1/s1. The molecule has 156 valence electrons. The van der Waals surface area contributed by atoms with Crippen LogP contribution in [-0.4, -0.2) is 37.1 Å². The number of fused-ring (bicyclic) bond motifs is 1. The molecule has 4 aliphatic heterocycles. The normalized spacial score (nSPS) is 47.1. The Labute approximate surface area is 165 Å². The predicted molar refractivity (Wildman–Crippen MR) is 98.6 cm³/mol. The molecule has 7 nitrogen and oxygen atoms in total. The van der Waals surface area contributed by atoms with Crippen LogP contribution in [0.3, 0.4) is 0 Å². The molecule has 1 aliphatic carbocycles. The molecule has 1 aromatic heterocycles. The van der Waals surface area contributed by atoms with Gasteiger partial charge in [0, 0.05) is 30.7 Å². The zero-order valence-electron chi connectivity index (χ0n) is 16.9. The summed E-state index contributed by atoms with van der Waals surface area (Å²) < 4.78 is 24.0. The van der Waals surface area contributed by atoms with Gasteiger partial charge in [-0.3, -0.25) is 0 Å². The van der Waals surface area contributed by atoms with E-state index < -0.39 is 17.7 Å². The molecule has 28 heavy (non-hydrogen) atoms. The summed E-state index contributed by atoms with van der Waals surface area (Å²) in [6, 6.07) is 3.85. The van der Waals surface area contributed by atoms with Crippen LogP contribution in [0, 0.1) is 23.7 Å². The van der Waals surface area contributed by atoms with E-state index in [1.165, 1.54) is 6.42 Å². The van der Waals surface area contributed by atoms with E-state index >= 15 is 0 Å². The van der Waals surface area contributed by atoms with E-state index in [0.29, 0.717) is 30.9 Å². The summed E-state index contributed by atoms with van der Waals surface area (Å²) in [5.41, 5.74) is -0.508. The van der Waals surface area contributed by atoms with Crippen molar-refractivity contribution in [2.45, 2.75) is 70.5 Å². The van der Waals surface area contributed by atoms with Gasteiger partial charge in [0.15, 0.2) is 18.2 Å². The lowest BCUT2D eigenvalue weighted by Crippen LogP contribution is -2.76. The van der Waals surface area contributed by atoms with Gasteiger partial charge in [-0.25, -0.2) is 9.78 Å². The number of hydrogen-bond acceptors (Lipinski definition) is 7. The minimum atomic E-state index is -0.733. The topological polar surface area (TPSA) is 71.3 Å². The molecule has 8 atom stereocenters. The molecule has 7 heteroatoms. The molecule has 4 saturated heterocycles. The first-order valence-electron chi connectivity index (χ1n) is 10.6. The third-order valence-corrected chi connectivity index (χ3v) is 7.22. The Morgan fingerprint density at radius 3 is 2.93 bits per heavy atom. The van der Waals surface area contributed by atoms with E-state index in [2.05, 4.69) is 19.2 Å². The maximum Gasteiger partial charge on any atom is 0.202 e. The van der Waals surface area contributed by atoms with Crippen LogP contribution in [0.2, 0.25) is 0 Å². The minimum Gasteiger partial charge on any atom is -0.468 e. The van der Waals surface area contributed by atoms with Crippen LogP contribution in [0.25, 0.3) is 0 Å². The van der Waals surface area contributed by atoms with Crippen molar-refractivity contribution in [3.8, 4) is 0 Å². The first-order valence-corrected chi connectivity index (χ1v) is 10.6. The molecule has 1 saturated carbocycles. The second-order valence-electron chi connectivity index (χ2n) is 9.07. The molecule has 3 unspecified atom stereocenters. The highest BCUT2D eigenvalue weighted by Gasteiger charge is 2.72. The van der Waals surface area contributed by atoms with E-state index in [1.54, 1.807) is 6.26 Å². The van der Waals surface area contributed by atoms with Crippen LogP contribution in [0.5, 0.6) is 0 Å². The SMILES string of the molecule is C[C@@H]1CCC2[C@@H](C)[C@@H](OCCNCc3ccco3)O[C@@H]3OC4(C)CC1[C@@]23OO4. The molecule has 0 aromatic carbocycles. The van der Waals surface area contributed by atoms with Gasteiger partial charge in [0.25, 0.3) is 0 Å². The molecule has 1 N–H and O–H groups in total. The van der Waals surface area contributed by atoms with Crippen LogP contribution < -0.4 is 5.32 Å². The lowest BCUT2D eigenvalue weighted by Gasteiger charge is -2.66. The van der Waals surface area contributed by atoms with Crippen LogP contribution >= 0.6 is 0 Å². The summed E-state index contributed by atoms with van der Waals surface area (Å²) in [6.45, 7) is 8.45. The van der Waals surface area contributed by atoms with Crippen LogP contribution in [-0.2, 0) is 30.5 Å². The highest BCUT2D eigenvalue weighted by molar-refractivity contribution is 5.11. The fourth-order valence-electron chi connectivity index (χ4n) is 5.75. The first kappa shape index (κ1) is 19.0. The molecule has 5 heterocycles. The monoisotopic (exact) mass is 393 g/mol. The number of hydrogen-bond donors (Lipinski definition) is 1. The second kappa shape index (κ2) is 7.07. The van der Waals surface area contributed by atoms with E-state index in [1.807, 2.05) is 19.1 Å². The van der Waals surface area contributed by atoms with Gasteiger partial charge in [-0.1, -0.05) is 13.8 Å². The summed E-state index contributed by atoms with van der Waals surface area (Å²) >= 11 is 0. The fourth-order valence-corrected chi connectivity index (χ4v) is 5.75. The van der Waals surface area contributed by atoms with Gasteiger partial charge in [0.05, 0.1) is 19.4 Å². The van der Waals surface area contributed by atoms with Gasteiger partial charge in [0.2, 0.25) is 5.79 Å². The van der Waals surface area contributed by atoms with Crippen molar-refractivity contribution < 1.29 is 28.4 Å². The van der Waals surface area contributed by atoms with Crippen LogP contribution in [0.4, 0.5) is 0 Å². The van der Waals surface area contributed by atoms with E-state index in [-0.39, 0.29) is 12.2 Å². The zero-order valence-corrected chi connectivity index (χ0v) is 16.9. The van der Waals surface area contributed by atoms with Crippen LogP contribution in [0.15, 0.2) is 22.8 Å². The second-order valence-corrected chi connectivity index (χ2v) is 9.07. The van der Waals surface area contributed by atoms with Gasteiger partial charge in [-0.05, 0) is 37.8 Å². The summed E-state index contributed by atoms with van der Waals surface area (Å²) in [5, 5.41) is 3.33. The fraction of sp³-hybridized carbons (Fsp3) is 0.810. The summed E-state index contributed by atoms with van der Waals surface area (Å²) in [5.74, 6) is 1.67. The van der Waals surface area contributed by atoms with Crippen molar-refractivity contribution in [2.75, 3.05) is 13.2 Å². The van der Waals surface area contributed by atoms with Crippen molar-refractivity contribution in [1.82, 2.24) is 5.32 Å². The average molecular weight is 393 g/mol. The first-order chi connectivity index (χ1) is 13.5. The van der Waals surface area contributed by atoms with Gasteiger partial charge in [-0.2, -0.15) is 0 Å². The maximum atomic E-state index is 6.33. The molecule has 5 fully saturated rings. The van der Waals surface area contributed by atoms with Crippen molar-refractivity contribution in [3.05, 3.63) is 24.2 Å². The van der Waals surface area contributed by atoms with Gasteiger partial charge < -0.3 is 23.9 Å². The highest BCUT2D eigenvalue weighted by Crippen LogP contribution is 2.62. The number of rotatable bonds is 6. The Morgan fingerprint density at radius 1 is 1.21 bits per heavy atom. The molecule has 6 rings (SSSR count). The van der Waals surface area contributed by atoms with Crippen molar-refractivity contribution >= 4 is 0 Å². The summed E-state index contributed by atoms with van der Waals surface area (Å²) in [6.07, 6.45) is 4.09. The lowest BCUT2D eigenvalue weighted by molar-refractivity contribution is -0.615. The number of ether oxygens (including phenoxy) is 3. The average Bonchev–Trinajstić information content (AvgIpc) is 3.19. The van der Waals surface area contributed by atoms with Crippen molar-refractivity contribution in [1.29, 1.82) is 0 Å². The van der Waals surface area contributed by atoms with E-state index in [0.717, 1.165) is 25.1 Å². The molecule has 2 bridgehead atoms. The van der Waals surface area contributed by atoms with Gasteiger partial charge in [0.1, 0.15) is 5.76 Å². The van der Waals surface area contributed by atoms with E-state index in [4.69, 9.17) is 28.4 Å². The Balaban J connectivity index is 1.23. The highest BCUT2D eigenvalue weighted by atomic mass is 17.3. The third-order valence-electron chi connectivity index (χ3n) is 7.22. The summed E-state index contributed by atoms with van der Waals surface area (Å²) in [7, 11) is 0. The maximum absolute atomic E-state index is 6.33. The Kier molecular flexibility index (Phi) is 4.81. The van der Waals surface area contributed by atoms with E-state index in [9.17, 15) is 0 Å². The Bertz CT molecular complexity index is 682. The Morgan fingerprint density at radius 2 is 2.11 bits per heavy atom. The molecule has 1 aromatic rings. The number of furan rings is 1. The molecule has 0 radical (unpaired) electrons. The summed E-state index contributed by atoms with van der Waals surface area (Å²) in [4.78, 5) is 11.8. The minimum absolute atomic E-state index is 0.214. The van der Waals surface area contributed by atoms with Crippen LogP contribution in [0.1, 0.15) is 45.8 Å². The predicted octanol–water partition coefficient (Wildman–Crippen LogP) is 3.20. The lowest BCUT2D eigenvalue weighted by atomic mass is 9.56. The molecular formula is C21H31NO6. The zero-order chi connectivity index (χ0) is 19.4. The molecule has 5 aliphatic rings. The molecule has 1 spiro atoms. The third kappa shape index (κ3) is 2.95. The van der Waals surface area contributed by atoms with Gasteiger partial charge >= 0.3 is 0 Å².